The van der Waals surface area contributed by atoms with E-state index in [-0.39, 0.29) is 16.3 Å². The Morgan fingerprint density at radius 2 is 1.80 bits per heavy atom. The maximum Gasteiger partial charge on any atom is 0.258 e. The number of amides is 1. The second-order valence-electron chi connectivity index (χ2n) is 4.01. The van der Waals surface area contributed by atoms with E-state index in [1.165, 1.54) is 12.3 Å². The second kappa shape index (κ2) is 5.50. The zero-order valence-electron chi connectivity index (χ0n) is 10.2. The summed E-state index contributed by atoms with van der Waals surface area (Å²) in [7, 11) is 0. The van der Waals surface area contributed by atoms with Crippen molar-refractivity contribution in [2.45, 2.75) is 6.92 Å². The summed E-state index contributed by atoms with van der Waals surface area (Å²) in [6, 6.07) is 2.82. The summed E-state index contributed by atoms with van der Waals surface area (Å²) >= 11 is 5.87. The van der Waals surface area contributed by atoms with Crippen LogP contribution >= 0.6 is 11.6 Å². The minimum atomic E-state index is -1.60. The van der Waals surface area contributed by atoms with Gasteiger partial charge in [0.05, 0.1) is 10.6 Å². The lowest BCUT2D eigenvalue weighted by Gasteiger charge is -2.07. The second-order valence-corrected chi connectivity index (χ2v) is 4.42. The Balaban J connectivity index is 2.28. The highest BCUT2D eigenvalue weighted by molar-refractivity contribution is 6.34. The lowest BCUT2D eigenvalue weighted by molar-refractivity contribution is 0.102. The van der Waals surface area contributed by atoms with Crippen LogP contribution in [0.25, 0.3) is 0 Å². The monoisotopic (exact) mass is 300 g/mol. The van der Waals surface area contributed by atoms with Crippen molar-refractivity contribution >= 4 is 23.2 Å². The van der Waals surface area contributed by atoms with Gasteiger partial charge in [-0.1, -0.05) is 11.6 Å². The molecule has 20 heavy (non-hydrogen) atoms. The SMILES string of the molecule is Cc1cc(Cl)c(C(=O)Nc2cc(F)c(F)c(F)c2)cn1. The Bertz CT molecular complexity index is 668. The third-order valence-electron chi connectivity index (χ3n) is 2.48. The predicted octanol–water partition coefficient (Wildman–Crippen LogP) is 3.71. The van der Waals surface area contributed by atoms with E-state index in [1.54, 1.807) is 6.92 Å². The van der Waals surface area contributed by atoms with E-state index < -0.39 is 23.4 Å². The molecule has 0 aliphatic carbocycles. The molecular weight excluding hydrogens is 293 g/mol. The summed E-state index contributed by atoms with van der Waals surface area (Å²) < 4.78 is 38.8. The molecule has 1 aromatic heterocycles. The van der Waals surface area contributed by atoms with Gasteiger partial charge in [0.2, 0.25) is 0 Å². The maximum atomic E-state index is 13.0. The highest BCUT2D eigenvalue weighted by atomic mass is 35.5. The van der Waals surface area contributed by atoms with Crippen LogP contribution in [0.15, 0.2) is 24.4 Å². The molecule has 0 saturated carbocycles. The first-order chi connectivity index (χ1) is 9.38. The number of nitrogens with one attached hydrogen (secondary N) is 1. The number of aromatic nitrogens is 1. The lowest BCUT2D eigenvalue weighted by Crippen LogP contribution is -2.13. The number of hydrogen-bond donors (Lipinski definition) is 1. The van der Waals surface area contributed by atoms with Crippen LogP contribution in [0.1, 0.15) is 16.1 Å². The Labute approximate surface area is 117 Å². The first-order valence-electron chi connectivity index (χ1n) is 5.46. The normalized spacial score (nSPS) is 10.4. The van der Waals surface area contributed by atoms with Crippen molar-refractivity contribution in [1.82, 2.24) is 4.98 Å². The zero-order valence-corrected chi connectivity index (χ0v) is 10.9. The maximum absolute atomic E-state index is 13.0. The molecule has 0 aliphatic heterocycles. The molecule has 104 valence electrons. The van der Waals surface area contributed by atoms with E-state index in [1.807, 2.05) is 0 Å². The Kier molecular flexibility index (Phi) is 3.94. The van der Waals surface area contributed by atoms with Gasteiger partial charge in [0.1, 0.15) is 0 Å². The van der Waals surface area contributed by atoms with Crippen molar-refractivity contribution in [3.8, 4) is 0 Å². The predicted molar refractivity (Wildman–Crippen MR) is 68.3 cm³/mol. The van der Waals surface area contributed by atoms with E-state index in [4.69, 9.17) is 11.6 Å². The van der Waals surface area contributed by atoms with E-state index >= 15 is 0 Å². The van der Waals surface area contributed by atoms with Crippen LogP contribution in [0.3, 0.4) is 0 Å². The minimum absolute atomic E-state index is 0.0439. The number of rotatable bonds is 2. The third-order valence-corrected chi connectivity index (χ3v) is 2.79. The molecule has 0 bridgehead atoms. The molecule has 3 nitrogen and oxygen atoms in total. The molecule has 1 heterocycles. The smallest absolute Gasteiger partial charge is 0.258 e. The largest absolute Gasteiger partial charge is 0.322 e. The van der Waals surface area contributed by atoms with Crippen LogP contribution < -0.4 is 5.32 Å². The van der Waals surface area contributed by atoms with E-state index in [0.717, 1.165) is 0 Å². The summed E-state index contributed by atoms with van der Waals surface area (Å²) in [6.45, 7) is 1.69. The number of nitrogens with zero attached hydrogens (tertiary/aromatic N) is 1. The fourth-order valence-electron chi connectivity index (χ4n) is 1.52. The van der Waals surface area contributed by atoms with Crippen LogP contribution in [-0.4, -0.2) is 10.9 Å². The van der Waals surface area contributed by atoms with Crippen molar-refractivity contribution < 1.29 is 18.0 Å². The van der Waals surface area contributed by atoms with Gasteiger partial charge in [0, 0.05) is 29.7 Å². The molecule has 0 radical (unpaired) electrons. The highest BCUT2D eigenvalue weighted by Gasteiger charge is 2.15. The first kappa shape index (κ1) is 14.3. The number of hydrogen-bond acceptors (Lipinski definition) is 2. The fraction of sp³-hybridized carbons (Fsp3) is 0.0769. The van der Waals surface area contributed by atoms with E-state index in [9.17, 15) is 18.0 Å². The van der Waals surface area contributed by atoms with Gasteiger partial charge in [-0.15, -0.1) is 0 Å². The van der Waals surface area contributed by atoms with Crippen molar-refractivity contribution in [2.24, 2.45) is 0 Å². The van der Waals surface area contributed by atoms with Crippen LogP contribution in [0, 0.1) is 24.4 Å². The van der Waals surface area contributed by atoms with Gasteiger partial charge in [-0.3, -0.25) is 9.78 Å². The van der Waals surface area contributed by atoms with Gasteiger partial charge in [-0.05, 0) is 13.0 Å². The van der Waals surface area contributed by atoms with Crippen molar-refractivity contribution in [2.75, 3.05) is 5.32 Å². The molecule has 0 atom stereocenters. The van der Waals surface area contributed by atoms with Crippen molar-refractivity contribution in [3.05, 3.63) is 58.1 Å². The number of pyridine rings is 1. The number of carbonyl (C=O) groups is 1. The molecule has 0 saturated heterocycles. The van der Waals surface area contributed by atoms with Gasteiger partial charge in [-0.25, -0.2) is 13.2 Å². The van der Waals surface area contributed by atoms with Gasteiger partial charge >= 0.3 is 0 Å². The van der Waals surface area contributed by atoms with Crippen molar-refractivity contribution in [1.29, 1.82) is 0 Å². The quantitative estimate of drug-likeness (QED) is 0.859. The molecule has 2 aromatic rings. The Hall–Kier alpha value is -2.08. The van der Waals surface area contributed by atoms with Gasteiger partial charge in [0.25, 0.3) is 5.91 Å². The summed E-state index contributed by atoms with van der Waals surface area (Å²) in [6.07, 6.45) is 1.24. The van der Waals surface area contributed by atoms with Crippen LogP contribution in [0.2, 0.25) is 5.02 Å². The minimum Gasteiger partial charge on any atom is -0.322 e. The average molecular weight is 301 g/mol. The average Bonchev–Trinajstić information content (AvgIpc) is 2.35. The topological polar surface area (TPSA) is 42.0 Å². The molecular formula is C13H8ClF3N2O. The summed E-state index contributed by atoms with van der Waals surface area (Å²) in [5, 5.41) is 2.37. The first-order valence-corrected chi connectivity index (χ1v) is 5.84. The summed E-state index contributed by atoms with van der Waals surface area (Å²) in [5.41, 5.74) is 0.441. The van der Waals surface area contributed by atoms with Crippen molar-refractivity contribution in [3.63, 3.8) is 0 Å². The number of anilines is 1. The van der Waals surface area contributed by atoms with Crippen LogP contribution in [0.4, 0.5) is 18.9 Å². The molecule has 2 rings (SSSR count). The lowest BCUT2D eigenvalue weighted by atomic mass is 10.2. The van der Waals surface area contributed by atoms with Gasteiger partial charge in [-0.2, -0.15) is 0 Å². The van der Waals surface area contributed by atoms with Gasteiger partial charge in [0.15, 0.2) is 17.5 Å². The molecule has 1 N–H and O–H groups in total. The number of benzene rings is 1. The summed E-state index contributed by atoms with van der Waals surface area (Å²) in [4.78, 5) is 15.8. The number of aryl methyl sites for hydroxylation is 1. The summed E-state index contributed by atoms with van der Waals surface area (Å²) in [5.74, 6) is -5.09. The molecule has 0 unspecified atom stereocenters. The molecule has 1 amide bonds. The Morgan fingerprint density at radius 1 is 1.20 bits per heavy atom. The zero-order chi connectivity index (χ0) is 14.9. The van der Waals surface area contributed by atoms with Gasteiger partial charge < -0.3 is 5.32 Å². The third kappa shape index (κ3) is 2.91. The molecule has 1 aromatic carbocycles. The highest BCUT2D eigenvalue weighted by Crippen LogP contribution is 2.20. The van der Waals surface area contributed by atoms with Crippen LogP contribution in [-0.2, 0) is 0 Å². The number of halogens is 4. The molecule has 0 fully saturated rings. The van der Waals surface area contributed by atoms with E-state index in [2.05, 4.69) is 10.3 Å². The molecule has 7 heteroatoms. The fourth-order valence-corrected chi connectivity index (χ4v) is 1.81. The molecule has 0 aliphatic rings. The van der Waals surface area contributed by atoms with E-state index in [0.29, 0.717) is 17.8 Å². The number of carbonyl (C=O) groups excluding carboxylic acids is 1. The standard InChI is InChI=1S/C13H8ClF3N2O/c1-6-2-9(14)8(5-18-6)13(20)19-7-3-10(15)12(17)11(16)4-7/h2-5H,1H3,(H,19,20). The molecule has 0 spiro atoms. The Morgan fingerprint density at radius 3 is 2.35 bits per heavy atom. The van der Waals surface area contributed by atoms with Crippen LogP contribution in [0.5, 0.6) is 0 Å².